The molecule has 0 aliphatic heterocycles. The Balaban J connectivity index is 2.53. The molecule has 0 atom stereocenters. The third-order valence-electron chi connectivity index (χ3n) is 4.59. The van der Waals surface area contributed by atoms with Crippen LogP contribution in [0.5, 0.6) is 17.2 Å². The third-order valence-corrected chi connectivity index (χ3v) is 4.59. The molecule has 0 radical (unpaired) electrons. The Kier molecular flexibility index (Phi) is 8.95. The maximum absolute atomic E-state index is 12.6. The largest absolute Gasteiger partial charge is 0.508 e. The molecule has 2 aromatic rings. The topological polar surface area (TPSA) is 66.8 Å². The van der Waals surface area contributed by atoms with Gasteiger partial charge in [-0.05, 0) is 86.7 Å². The van der Waals surface area contributed by atoms with Crippen molar-refractivity contribution in [2.24, 2.45) is 0 Å². The first-order chi connectivity index (χ1) is 14.5. The zero-order chi connectivity index (χ0) is 21.9. The van der Waals surface area contributed by atoms with Gasteiger partial charge in [0.15, 0.2) is 5.78 Å². The van der Waals surface area contributed by atoms with Crippen LogP contribution in [0.25, 0.3) is 6.08 Å². The Morgan fingerprint density at radius 2 is 1.63 bits per heavy atom. The van der Waals surface area contributed by atoms with Gasteiger partial charge in [0.1, 0.15) is 17.2 Å². The summed E-state index contributed by atoms with van der Waals surface area (Å²) < 4.78 is 6.00. The van der Waals surface area contributed by atoms with Crippen molar-refractivity contribution < 1.29 is 19.7 Å². The number of carbonyl (C=O) groups excluding carboxylic acids is 1. The Bertz CT molecular complexity index is 934. The molecule has 0 unspecified atom stereocenters. The van der Waals surface area contributed by atoms with E-state index in [1.807, 2.05) is 51.1 Å². The van der Waals surface area contributed by atoms with Crippen LogP contribution in [0.2, 0.25) is 0 Å². The Labute approximate surface area is 178 Å². The molecule has 0 aliphatic rings. The fraction of sp³-hybridized carbons (Fsp3) is 0.269. The van der Waals surface area contributed by atoms with Crippen LogP contribution in [0.3, 0.4) is 0 Å². The number of benzene rings is 2. The van der Waals surface area contributed by atoms with Crippen LogP contribution < -0.4 is 4.74 Å². The summed E-state index contributed by atoms with van der Waals surface area (Å²) in [6.45, 7) is 6.44. The van der Waals surface area contributed by atoms with Gasteiger partial charge in [0.25, 0.3) is 0 Å². The van der Waals surface area contributed by atoms with Gasteiger partial charge in [0.2, 0.25) is 0 Å². The molecule has 0 heterocycles. The standard InChI is InChI=1S/C26H30O4/c1-4-7-9-20-18-21(10-8-5-2)26(30-17-6-3)23(25(20)29)15-16-24(28)19-11-13-22(27)14-12-19/h4-5,7-8,11-16,18,27,29H,6,9-10,17H2,1-3H3. The second-order valence-electron chi connectivity index (χ2n) is 6.93. The molecule has 2 aromatic carbocycles. The van der Waals surface area contributed by atoms with Crippen LogP contribution in [0.4, 0.5) is 0 Å². The van der Waals surface area contributed by atoms with E-state index in [1.165, 1.54) is 18.2 Å². The third kappa shape index (κ3) is 6.11. The summed E-state index contributed by atoms with van der Waals surface area (Å²) in [6.07, 6.45) is 13.1. The van der Waals surface area contributed by atoms with Gasteiger partial charge in [-0.15, -0.1) is 0 Å². The fourth-order valence-corrected chi connectivity index (χ4v) is 3.00. The molecule has 0 saturated heterocycles. The van der Waals surface area contributed by atoms with Crippen LogP contribution >= 0.6 is 0 Å². The number of carbonyl (C=O) groups is 1. The van der Waals surface area contributed by atoms with E-state index in [4.69, 9.17) is 4.74 Å². The molecular weight excluding hydrogens is 376 g/mol. The minimum atomic E-state index is -0.218. The van der Waals surface area contributed by atoms with Crippen molar-refractivity contribution in [1.29, 1.82) is 0 Å². The van der Waals surface area contributed by atoms with Crippen LogP contribution in [0, 0.1) is 0 Å². The quantitative estimate of drug-likeness (QED) is 0.288. The second-order valence-corrected chi connectivity index (χ2v) is 6.93. The summed E-state index contributed by atoms with van der Waals surface area (Å²) in [7, 11) is 0. The molecule has 0 spiro atoms. The molecule has 0 fully saturated rings. The van der Waals surface area contributed by atoms with Gasteiger partial charge in [-0.2, -0.15) is 0 Å². The van der Waals surface area contributed by atoms with Crippen molar-refractivity contribution >= 4 is 11.9 Å². The molecule has 4 nitrogen and oxygen atoms in total. The number of aromatic hydroxyl groups is 2. The van der Waals surface area contributed by atoms with Crippen molar-refractivity contribution in [2.45, 2.75) is 40.0 Å². The molecule has 158 valence electrons. The first kappa shape index (κ1) is 23.0. The lowest BCUT2D eigenvalue weighted by Gasteiger charge is -2.17. The van der Waals surface area contributed by atoms with Crippen molar-refractivity contribution in [3.8, 4) is 17.2 Å². The molecule has 2 rings (SSSR count). The number of hydrogen-bond acceptors (Lipinski definition) is 4. The second kappa shape index (κ2) is 11.7. The van der Waals surface area contributed by atoms with Crippen molar-refractivity contribution in [2.75, 3.05) is 6.61 Å². The molecule has 4 heteroatoms. The monoisotopic (exact) mass is 406 g/mol. The lowest BCUT2D eigenvalue weighted by Crippen LogP contribution is -2.03. The maximum atomic E-state index is 12.6. The van der Waals surface area contributed by atoms with Crippen LogP contribution in [-0.2, 0) is 12.8 Å². The summed E-state index contributed by atoms with van der Waals surface area (Å²) in [6, 6.07) is 8.05. The highest BCUT2D eigenvalue weighted by atomic mass is 16.5. The van der Waals surface area contributed by atoms with E-state index >= 15 is 0 Å². The summed E-state index contributed by atoms with van der Waals surface area (Å²) in [5.74, 6) is 0.614. The van der Waals surface area contributed by atoms with Gasteiger partial charge >= 0.3 is 0 Å². The van der Waals surface area contributed by atoms with Gasteiger partial charge in [-0.1, -0.05) is 31.2 Å². The average Bonchev–Trinajstić information content (AvgIpc) is 2.75. The normalized spacial score (nSPS) is 11.7. The first-order valence-electron chi connectivity index (χ1n) is 10.3. The van der Waals surface area contributed by atoms with Gasteiger partial charge in [-0.3, -0.25) is 4.79 Å². The maximum Gasteiger partial charge on any atom is 0.185 e. The van der Waals surface area contributed by atoms with E-state index in [1.54, 1.807) is 18.2 Å². The minimum Gasteiger partial charge on any atom is -0.508 e. The molecule has 2 N–H and O–H groups in total. The van der Waals surface area contributed by atoms with Crippen molar-refractivity contribution in [3.05, 3.63) is 83.0 Å². The Hall–Kier alpha value is -3.27. The fourth-order valence-electron chi connectivity index (χ4n) is 3.00. The number of rotatable bonds is 10. The smallest absolute Gasteiger partial charge is 0.185 e. The predicted octanol–water partition coefficient (Wildman–Crippen LogP) is 6.02. The molecule has 0 aliphatic carbocycles. The van der Waals surface area contributed by atoms with Gasteiger partial charge in [0, 0.05) is 5.56 Å². The highest BCUT2D eigenvalue weighted by Gasteiger charge is 2.17. The molecule has 0 saturated carbocycles. The SMILES string of the molecule is CC=CCc1cc(CC=CC)c(OCCC)c(C=CC(=O)c2ccc(O)cc2)c1O. The predicted molar refractivity (Wildman–Crippen MR) is 122 cm³/mol. The highest BCUT2D eigenvalue weighted by molar-refractivity contribution is 6.07. The zero-order valence-corrected chi connectivity index (χ0v) is 17.9. The zero-order valence-electron chi connectivity index (χ0n) is 17.9. The van der Waals surface area contributed by atoms with E-state index in [-0.39, 0.29) is 17.3 Å². The summed E-state index contributed by atoms with van der Waals surface area (Å²) in [5.41, 5.74) is 2.72. The van der Waals surface area contributed by atoms with Gasteiger partial charge in [0.05, 0.1) is 12.2 Å². The lowest BCUT2D eigenvalue weighted by molar-refractivity contribution is 0.104. The average molecular weight is 407 g/mol. The highest BCUT2D eigenvalue weighted by Crippen LogP contribution is 2.37. The van der Waals surface area contributed by atoms with Gasteiger partial charge < -0.3 is 14.9 Å². The van der Waals surface area contributed by atoms with E-state index in [2.05, 4.69) is 0 Å². The number of phenolic OH excluding ortho intramolecular Hbond substituents is 2. The Morgan fingerprint density at radius 1 is 1.00 bits per heavy atom. The number of ketones is 1. The minimum absolute atomic E-state index is 0.105. The number of hydrogen-bond donors (Lipinski definition) is 2. The van der Waals surface area contributed by atoms with Crippen LogP contribution in [0.15, 0.2) is 60.7 Å². The van der Waals surface area contributed by atoms with E-state index in [0.29, 0.717) is 36.3 Å². The Morgan fingerprint density at radius 3 is 2.23 bits per heavy atom. The van der Waals surface area contributed by atoms with E-state index < -0.39 is 0 Å². The molecule has 30 heavy (non-hydrogen) atoms. The van der Waals surface area contributed by atoms with Crippen LogP contribution in [0.1, 0.15) is 54.2 Å². The van der Waals surface area contributed by atoms with Gasteiger partial charge in [-0.25, -0.2) is 0 Å². The summed E-state index contributed by atoms with van der Waals surface area (Å²) >= 11 is 0. The number of ether oxygens (including phenoxy) is 1. The molecule has 0 aromatic heterocycles. The summed E-state index contributed by atoms with van der Waals surface area (Å²) in [5, 5.41) is 20.4. The molecule has 0 bridgehead atoms. The van der Waals surface area contributed by atoms with E-state index in [9.17, 15) is 15.0 Å². The summed E-state index contributed by atoms with van der Waals surface area (Å²) in [4.78, 5) is 12.6. The van der Waals surface area contributed by atoms with Crippen molar-refractivity contribution in [1.82, 2.24) is 0 Å². The first-order valence-corrected chi connectivity index (χ1v) is 10.3. The number of allylic oxidation sites excluding steroid dienone is 5. The van der Waals surface area contributed by atoms with Crippen LogP contribution in [-0.4, -0.2) is 22.6 Å². The lowest BCUT2D eigenvalue weighted by atomic mass is 9.97. The number of phenols is 2. The van der Waals surface area contributed by atoms with E-state index in [0.717, 1.165) is 17.5 Å². The molecular formula is C26H30O4. The van der Waals surface area contributed by atoms with Crippen molar-refractivity contribution in [3.63, 3.8) is 0 Å². The molecule has 0 amide bonds.